The van der Waals surface area contributed by atoms with E-state index in [1.165, 1.54) is 145 Å². The Morgan fingerprint density at radius 2 is 1.02 bits per heavy atom. The maximum atomic E-state index is 12.6. The van der Waals surface area contributed by atoms with Crippen molar-refractivity contribution in [1.82, 2.24) is 9.80 Å². The molecule has 16 heteroatoms. The number of aromatic hydroxyl groups is 1. The van der Waals surface area contributed by atoms with Crippen LogP contribution in [0.5, 0.6) is 28.7 Å². The molecule has 2 unspecified atom stereocenters. The van der Waals surface area contributed by atoms with Crippen LogP contribution in [0.25, 0.3) is 0 Å². The number of nitro benzene ring substituents is 1. The largest absolute Gasteiger partial charge is 0.513 e. The monoisotopic (exact) mass is 1210 g/mol. The van der Waals surface area contributed by atoms with Crippen LogP contribution in [0.15, 0.2) is 72.8 Å². The maximum Gasteiger partial charge on any atom is 0.513 e. The molecule has 0 radical (unpaired) electrons. The van der Waals surface area contributed by atoms with Crippen molar-refractivity contribution >= 4 is 18.0 Å². The number of ether oxygens (including phenoxy) is 6. The summed E-state index contributed by atoms with van der Waals surface area (Å²) in [7, 11) is 0. The van der Waals surface area contributed by atoms with Crippen LogP contribution in [0, 0.1) is 22.0 Å². The summed E-state index contributed by atoms with van der Waals surface area (Å²) in [5.74, 6) is 3.68. The fourth-order valence-electron chi connectivity index (χ4n) is 16.9. The molecule has 6 fully saturated rings. The number of piperidine rings is 2. The predicted molar refractivity (Wildman–Crippen MR) is 338 cm³/mol. The number of aliphatic hydroxyl groups is 2. The van der Waals surface area contributed by atoms with Gasteiger partial charge in [-0.05, 0) is 161 Å². The Labute approximate surface area is 521 Å². The molecule has 13 rings (SSSR count). The number of benzene rings is 3. The van der Waals surface area contributed by atoms with E-state index in [9.17, 15) is 35.0 Å². The molecule has 0 amide bonds. The molecule has 4 saturated carbocycles. The Morgan fingerprint density at radius 1 is 0.591 bits per heavy atom. The Hall–Kier alpha value is -5.68. The van der Waals surface area contributed by atoms with E-state index >= 15 is 0 Å². The summed E-state index contributed by atoms with van der Waals surface area (Å²) in [5.41, 5.74) is 4.09. The number of carbonyl (C=O) groups excluding carboxylic acids is 2. The minimum atomic E-state index is -0.862. The van der Waals surface area contributed by atoms with Crippen molar-refractivity contribution in [3.8, 4) is 28.7 Å². The summed E-state index contributed by atoms with van der Waals surface area (Å²) in [6.07, 6.45) is 31.5. The van der Waals surface area contributed by atoms with Crippen molar-refractivity contribution in [2.45, 2.75) is 253 Å². The summed E-state index contributed by atoms with van der Waals surface area (Å²) >= 11 is 0. The normalized spacial score (nSPS) is 28.1. The average molecular weight is 1210 g/mol. The quantitative estimate of drug-likeness (QED) is 0.0162. The Morgan fingerprint density at radius 3 is 1.49 bits per heavy atom. The molecule has 16 nitrogen and oxygen atoms in total. The van der Waals surface area contributed by atoms with E-state index in [2.05, 4.69) is 42.9 Å². The molecule has 4 aliphatic heterocycles. The van der Waals surface area contributed by atoms with Crippen LogP contribution in [0.4, 0.5) is 15.3 Å². The Bertz CT molecular complexity index is 2980. The smallest absolute Gasteiger partial charge is 0.504 e. The summed E-state index contributed by atoms with van der Waals surface area (Å²) in [5, 5.41) is 45.5. The number of unbranched alkanes of at least 4 members (excludes halogenated alkanes) is 16. The molecule has 480 valence electrons. The van der Waals surface area contributed by atoms with Crippen molar-refractivity contribution in [2.24, 2.45) is 11.8 Å². The van der Waals surface area contributed by atoms with Crippen molar-refractivity contribution in [3.63, 3.8) is 0 Å². The van der Waals surface area contributed by atoms with Gasteiger partial charge in [0.2, 0.25) is 0 Å². The number of hydrogen-bond acceptors (Lipinski definition) is 15. The van der Waals surface area contributed by atoms with E-state index < -0.39 is 39.3 Å². The highest BCUT2D eigenvalue weighted by atomic mass is 16.7. The van der Waals surface area contributed by atoms with Gasteiger partial charge in [-0.15, -0.1) is 0 Å². The zero-order chi connectivity index (χ0) is 61.6. The molecule has 6 aliphatic carbocycles. The van der Waals surface area contributed by atoms with E-state index in [1.54, 1.807) is 6.07 Å². The number of carbonyl (C=O) groups is 2. The minimum Gasteiger partial charge on any atom is -0.504 e. The molecular weight excluding hydrogens is 1110 g/mol. The lowest BCUT2D eigenvalue weighted by Crippen LogP contribution is -2.75. The molecule has 3 aromatic rings. The summed E-state index contributed by atoms with van der Waals surface area (Å²) in [6.45, 7) is 18.0. The van der Waals surface area contributed by atoms with Gasteiger partial charge in [-0.25, -0.2) is 9.59 Å². The third kappa shape index (κ3) is 12.8. The lowest BCUT2D eigenvalue weighted by Gasteiger charge is -2.63. The molecule has 3 aromatic carbocycles. The van der Waals surface area contributed by atoms with Gasteiger partial charge in [-0.2, -0.15) is 0 Å². The second-order valence-electron chi connectivity index (χ2n) is 27.6. The van der Waals surface area contributed by atoms with Gasteiger partial charge in [0, 0.05) is 48.4 Å². The van der Waals surface area contributed by atoms with Crippen LogP contribution in [0.1, 0.15) is 216 Å². The number of hydrogen-bond donors (Lipinski definition) is 3. The molecule has 0 aromatic heterocycles. The van der Waals surface area contributed by atoms with Gasteiger partial charge in [0.25, 0.3) is 5.69 Å². The number of phenols is 1. The summed E-state index contributed by atoms with van der Waals surface area (Å²) in [4.78, 5) is 39.3. The number of nitrogens with zero attached hydrogens (tertiary/aromatic N) is 3. The lowest BCUT2D eigenvalue weighted by molar-refractivity contribution is -0.384. The van der Waals surface area contributed by atoms with Crippen molar-refractivity contribution in [1.29, 1.82) is 0 Å². The molecule has 8 atom stereocenters. The van der Waals surface area contributed by atoms with Gasteiger partial charge < -0.3 is 43.7 Å². The van der Waals surface area contributed by atoms with Crippen molar-refractivity contribution < 1.29 is 58.3 Å². The second kappa shape index (κ2) is 27.8. The maximum absolute atomic E-state index is 12.6. The van der Waals surface area contributed by atoms with E-state index in [0.29, 0.717) is 36.9 Å². The first-order valence-electron chi connectivity index (χ1n) is 34.2. The van der Waals surface area contributed by atoms with Crippen LogP contribution in [-0.4, -0.2) is 117 Å². The topological polar surface area (TPSA) is 200 Å². The first-order chi connectivity index (χ1) is 42.6. The van der Waals surface area contributed by atoms with Gasteiger partial charge in [-0.3, -0.25) is 19.9 Å². The fourth-order valence-corrected chi connectivity index (χ4v) is 16.9. The van der Waals surface area contributed by atoms with Crippen LogP contribution in [-0.2, 0) is 33.1 Å². The van der Waals surface area contributed by atoms with E-state index in [-0.39, 0.29) is 41.5 Å². The number of phenolic OH excluding ortho intramolecular Hbond substituents is 1. The highest BCUT2D eigenvalue weighted by Crippen LogP contribution is 2.68. The summed E-state index contributed by atoms with van der Waals surface area (Å²) in [6, 6.07) is 13.3. The third-order valence-electron chi connectivity index (χ3n) is 21.8. The fraction of sp³-hybridized carbons (Fsp3) is 0.667. The van der Waals surface area contributed by atoms with Crippen LogP contribution in [0.3, 0.4) is 0 Å². The van der Waals surface area contributed by atoms with Gasteiger partial charge >= 0.3 is 12.3 Å². The lowest BCUT2D eigenvalue weighted by atomic mass is 9.48. The highest BCUT2D eigenvalue weighted by Gasteiger charge is 2.73. The van der Waals surface area contributed by atoms with Crippen molar-refractivity contribution in [2.75, 3.05) is 39.4 Å². The Balaban J connectivity index is 0.000000143. The predicted octanol–water partition coefficient (Wildman–Crippen LogP) is 15.0. The zero-order valence-electron chi connectivity index (χ0n) is 52.7. The van der Waals surface area contributed by atoms with Crippen LogP contribution < -0.4 is 18.9 Å². The molecule has 4 bridgehead atoms. The number of likely N-dealkylation sites (tertiary alicyclic amines) is 2. The van der Waals surface area contributed by atoms with Crippen LogP contribution >= 0.6 is 0 Å². The molecular formula is C72H99N3O13. The standard InChI is InChI=1S/C33H47NO5.C21H25NO3.C18H27NO5/c1-3-4-5-6-7-8-9-10-11-20-37-31(35)38-26-15-14-25-21-27-33(36)17-16-23(2)30-32(33,28(25)29(26)39-30)18-19-34(27)22-24-12-13-24;1-12-6-7-21(24)16-10-14-4-5-15(23)18-17(14)20(21,19(12)25-18)8-9-22(16)11-13-2-3-13;1-2-3-4-5-6-7-8-9-10-15-23-18(20)24-17-13-11-16(12-14-17)19(21)22/h14-15,24,27,30,36H,2-13,16-22H2,1H3;4-5,13,16,19,23-24H,1-3,6-11H2;11-14H,2-10,15H2,1H3/t27?,30-,32-,33+;16?,19-,20-,21+;/m00./s1. The number of non-ortho nitro benzene ring substituents is 1. The number of nitro groups is 1. The van der Waals surface area contributed by atoms with Gasteiger partial charge in [-0.1, -0.05) is 142 Å². The first-order valence-corrected chi connectivity index (χ1v) is 34.2. The molecule has 88 heavy (non-hydrogen) atoms. The van der Waals surface area contributed by atoms with E-state index in [0.717, 1.165) is 137 Å². The van der Waals surface area contributed by atoms with Crippen molar-refractivity contribution in [3.05, 3.63) is 105 Å². The minimum absolute atomic E-state index is 0.0505. The van der Waals surface area contributed by atoms with E-state index in [4.69, 9.17) is 28.4 Å². The molecule has 3 N–H and O–H groups in total. The number of rotatable bonds is 27. The molecule has 10 aliphatic rings. The SMILES string of the molecule is C=C1CC[C@@]2(O)C3Cc4ccc(O)c5c4[C@@]2(CCN3CC2CC2)[C@H]1O5.C=C1CC[C@@]2(O)C3Cc4ccc(OC(=O)OCCCCCCCCCCC)c5c4[C@@]2(CCN3CC2CC2)[C@H]1O5.CCCCCCCCCCCOC(=O)Oc1ccc([N+](=O)[O-])cc1. The van der Waals surface area contributed by atoms with Gasteiger partial charge in [0.1, 0.15) is 18.0 Å². The Kier molecular flexibility index (Phi) is 20.2. The first kappa shape index (κ1) is 63.9. The van der Waals surface area contributed by atoms with Gasteiger partial charge in [0.05, 0.1) is 40.2 Å². The second-order valence-corrected chi connectivity index (χ2v) is 27.6. The molecule has 4 heterocycles. The third-order valence-corrected chi connectivity index (χ3v) is 21.8. The molecule has 2 saturated heterocycles. The molecule has 2 spiro atoms. The van der Waals surface area contributed by atoms with E-state index in [1.807, 2.05) is 12.1 Å². The highest BCUT2D eigenvalue weighted by molar-refractivity contribution is 5.70. The van der Waals surface area contributed by atoms with Crippen LogP contribution in [0.2, 0.25) is 0 Å². The summed E-state index contributed by atoms with van der Waals surface area (Å²) < 4.78 is 34.0. The average Bonchev–Trinajstić information content (AvgIpc) is 1.41. The zero-order valence-corrected chi connectivity index (χ0v) is 52.7. The van der Waals surface area contributed by atoms with Gasteiger partial charge in [0.15, 0.2) is 23.0 Å².